The number of nitrogens with one attached hydrogen (secondary N) is 1. The van der Waals surface area contributed by atoms with Crippen LogP contribution in [0.4, 0.5) is 0 Å². The number of esters is 1. The summed E-state index contributed by atoms with van der Waals surface area (Å²) >= 11 is 6.59. The van der Waals surface area contributed by atoms with Crippen LogP contribution in [0, 0.1) is 0 Å². The smallest absolute Gasteiger partial charge is 0.337 e. The first-order valence-corrected chi connectivity index (χ1v) is 11.3. The van der Waals surface area contributed by atoms with E-state index in [1.54, 1.807) is 48.5 Å². The van der Waals surface area contributed by atoms with E-state index in [0.29, 0.717) is 27.2 Å². The van der Waals surface area contributed by atoms with Crippen LogP contribution >= 0.6 is 11.6 Å². The Labute approximate surface area is 206 Å². The summed E-state index contributed by atoms with van der Waals surface area (Å²) in [4.78, 5) is 27.6. The Bertz CT molecular complexity index is 1640. The van der Waals surface area contributed by atoms with Crippen molar-refractivity contribution in [2.45, 2.75) is 0 Å². The number of ether oxygens (including phenoxy) is 1. The van der Waals surface area contributed by atoms with Crippen LogP contribution in [0.2, 0.25) is 5.02 Å². The lowest BCUT2D eigenvalue weighted by Crippen LogP contribution is -2.09. The maximum atomic E-state index is 12.8. The van der Waals surface area contributed by atoms with Crippen molar-refractivity contribution < 1.29 is 14.6 Å². The lowest BCUT2D eigenvalue weighted by atomic mass is 9.97. The Balaban J connectivity index is 1.58. The minimum Gasteiger partial charge on any atom is -0.507 e. The molecule has 0 unspecified atom stereocenters. The third-order valence-electron chi connectivity index (χ3n) is 5.94. The summed E-state index contributed by atoms with van der Waals surface area (Å²) in [6.07, 6.45) is 0. The van der Waals surface area contributed by atoms with Crippen molar-refractivity contribution in [1.82, 2.24) is 4.98 Å². The van der Waals surface area contributed by atoms with Crippen molar-refractivity contribution in [3.8, 4) is 39.1 Å². The van der Waals surface area contributed by atoms with E-state index in [1.807, 2.05) is 42.5 Å². The van der Waals surface area contributed by atoms with Gasteiger partial charge in [-0.25, -0.2) is 4.79 Å². The normalized spacial score (nSPS) is 10.9. The van der Waals surface area contributed by atoms with Gasteiger partial charge >= 0.3 is 5.97 Å². The molecular weight excluding hydrogens is 462 g/mol. The molecule has 4 aromatic carbocycles. The molecule has 35 heavy (non-hydrogen) atoms. The molecule has 0 aliphatic carbocycles. The van der Waals surface area contributed by atoms with Crippen molar-refractivity contribution in [3.63, 3.8) is 0 Å². The van der Waals surface area contributed by atoms with Crippen molar-refractivity contribution in [2.75, 3.05) is 7.11 Å². The molecule has 0 saturated carbocycles. The Kier molecular flexibility index (Phi) is 5.85. The van der Waals surface area contributed by atoms with Crippen molar-refractivity contribution in [1.29, 1.82) is 0 Å². The maximum Gasteiger partial charge on any atom is 0.337 e. The predicted molar refractivity (Wildman–Crippen MR) is 139 cm³/mol. The molecule has 0 bridgehead atoms. The van der Waals surface area contributed by atoms with Gasteiger partial charge in [0, 0.05) is 22.2 Å². The molecule has 0 radical (unpaired) electrons. The van der Waals surface area contributed by atoms with E-state index in [1.165, 1.54) is 7.11 Å². The third kappa shape index (κ3) is 4.29. The Hall–Kier alpha value is -4.35. The highest BCUT2D eigenvalue weighted by molar-refractivity contribution is 6.34. The van der Waals surface area contributed by atoms with E-state index in [2.05, 4.69) is 4.98 Å². The Morgan fingerprint density at radius 3 is 2.20 bits per heavy atom. The number of hydrogen-bond acceptors (Lipinski definition) is 4. The monoisotopic (exact) mass is 481 g/mol. The van der Waals surface area contributed by atoms with Gasteiger partial charge in [0.25, 0.3) is 5.56 Å². The molecule has 172 valence electrons. The van der Waals surface area contributed by atoms with E-state index in [-0.39, 0.29) is 11.3 Å². The molecule has 0 atom stereocenters. The lowest BCUT2D eigenvalue weighted by Gasteiger charge is -2.11. The third-order valence-corrected chi connectivity index (χ3v) is 6.25. The van der Waals surface area contributed by atoms with Gasteiger partial charge in [-0.05, 0) is 58.5 Å². The van der Waals surface area contributed by atoms with Crippen LogP contribution in [0.5, 0.6) is 5.75 Å². The average Bonchev–Trinajstić information content (AvgIpc) is 2.88. The van der Waals surface area contributed by atoms with E-state index >= 15 is 0 Å². The zero-order chi connectivity index (χ0) is 24.5. The highest BCUT2D eigenvalue weighted by atomic mass is 35.5. The summed E-state index contributed by atoms with van der Waals surface area (Å²) in [6.45, 7) is 0. The lowest BCUT2D eigenvalue weighted by molar-refractivity contribution is 0.0601. The van der Waals surface area contributed by atoms with Crippen molar-refractivity contribution >= 4 is 28.5 Å². The van der Waals surface area contributed by atoms with Crippen LogP contribution in [0.3, 0.4) is 0 Å². The number of para-hydroxylation sites is 1. The largest absolute Gasteiger partial charge is 0.507 e. The summed E-state index contributed by atoms with van der Waals surface area (Å²) in [7, 11) is 1.32. The highest BCUT2D eigenvalue weighted by Crippen LogP contribution is 2.35. The average molecular weight is 482 g/mol. The predicted octanol–water partition coefficient (Wildman–Crippen LogP) is 6.67. The summed E-state index contributed by atoms with van der Waals surface area (Å²) < 4.78 is 4.80. The number of benzene rings is 4. The van der Waals surface area contributed by atoms with Gasteiger partial charge in [-0.15, -0.1) is 0 Å². The molecule has 0 aliphatic rings. The van der Waals surface area contributed by atoms with Gasteiger partial charge < -0.3 is 14.8 Å². The number of phenols is 1. The Morgan fingerprint density at radius 1 is 0.800 bits per heavy atom. The summed E-state index contributed by atoms with van der Waals surface area (Å²) in [5.41, 5.74) is 5.09. The molecule has 0 aliphatic heterocycles. The first-order valence-electron chi connectivity index (χ1n) is 10.9. The second kappa shape index (κ2) is 9.12. The molecule has 5 rings (SSSR count). The highest BCUT2D eigenvalue weighted by Gasteiger charge is 2.13. The number of H-pyrrole nitrogens is 1. The number of methoxy groups -OCH3 is 1. The topological polar surface area (TPSA) is 79.4 Å². The van der Waals surface area contributed by atoms with Crippen LogP contribution in [0.1, 0.15) is 10.4 Å². The van der Waals surface area contributed by atoms with Crippen LogP contribution in [-0.2, 0) is 4.74 Å². The van der Waals surface area contributed by atoms with Crippen LogP contribution in [-0.4, -0.2) is 23.2 Å². The number of phenolic OH excluding ortho intramolecular Hbond substituents is 1. The molecule has 1 aromatic heterocycles. The van der Waals surface area contributed by atoms with Gasteiger partial charge in [-0.2, -0.15) is 0 Å². The van der Waals surface area contributed by atoms with Gasteiger partial charge in [-0.3, -0.25) is 4.79 Å². The second-order valence-corrected chi connectivity index (χ2v) is 8.51. The quantitative estimate of drug-likeness (QED) is 0.281. The number of fused-ring (bicyclic) bond motifs is 1. The molecule has 1 heterocycles. The second-order valence-electron chi connectivity index (χ2n) is 8.10. The number of rotatable bonds is 4. The summed E-state index contributed by atoms with van der Waals surface area (Å²) in [5, 5.41) is 11.4. The molecule has 2 N–H and O–H groups in total. The first-order chi connectivity index (χ1) is 16.9. The van der Waals surface area contributed by atoms with Crippen molar-refractivity contribution in [3.05, 3.63) is 112 Å². The molecule has 0 spiro atoms. The molecule has 5 nitrogen and oxygen atoms in total. The van der Waals surface area contributed by atoms with E-state index in [4.69, 9.17) is 16.3 Å². The zero-order valence-corrected chi connectivity index (χ0v) is 19.5. The van der Waals surface area contributed by atoms with Crippen LogP contribution < -0.4 is 5.56 Å². The number of pyridine rings is 1. The van der Waals surface area contributed by atoms with Gasteiger partial charge in [0.15, 0.2) is 0 Å². The zero-order valence-electron chi connectivity index (χ0n) is 18.7. The minimum atomic E-state index is -0.467. The number of carbonyl (C=O) groups is 1. The van der Waals surface area contributed by atoms with Gasteiger partial charge in [0.2, 0.25) is 0 Å². The molecule has 0 saturated heterocycles. The number of carbonyl (C=O) groups excluding carboxylic acids is 1. The number of halogens is 1. The number of aromatic hydroxyl groups is 1. The molecular formula is C29H20ClNO4. The van der Waals surface area contributed by atoms with Crippen LogP contribution in [0.25, 0.3) is 44.3 Å². The standard InChI is InChI=1S/C29H20ClNO4/c1-35-29(34)20-6-4-5-19(13-20)24-15-21-14-23(25(30)16-26(21)31-28(24)33)18-11-9-17(10-12-18)22-7-2-3-8-27(22)32/h2-16,32H,1H3,(H,31,33). The van der Waals surface area contributed by atoms with E-state index in [9.17, 15) is 14.7 Å². The SMILES string of the molecule is COC(=O)c1cccc(-c2cc3cc(-c4ccc(-c5ccccc5O)cc4)c(Cl)cc3[nH]c2=O)c1. The van der Waals surface area contributed by atoms with E-state index < -0.39 is 5.97 Å². The number of aromatic amines is 1. The molecule has 0 amide bonds. The van der Waals surface area contributed by atoms with Gasteiger partial charge in [0.1, 0.15) is 5.75 Å². The molecule has 6 heteroatoms. The molecule has 0 fully saturated rings. The number of aromatic nitrogens is 1. The first kappa shape index (κ1) is 22.4. The fourth-order valence-corrected chi connectivity index (χ4v) is 4.42. The summed E-state index contributed by atoms with van der Waals surface area (Å²) in [5.74, 6) is -0.248. The minimum absolute atomic E-state index is 0.219. The van der Waals surface area contributed by atoms with E-state index in [0.717, 1.165) is 27.6 Å². The fourth-order valence-electron chi connectivity index (χ4n) is 4.14. The van der Waals surface area contributed by atoms with Crippen molar-refractivity contribution in [2.24, 2.45) is 0 Å². The summed E-state index contributed by atoms with van der Waals surface area (Å²) in [6, 6.07) is 27.2. The number of hydrogen-bond donors (Lipinski definition) is 2. The van der Waals surface area contributed by atoms with Crippen LogP contribution in [0.15, 0.2) is 95.8 Å². The van der Waals surface area contributed by atoms with Gasteiger partial charge in [-0.1, -0.05) is 66.2 Å². The van der Waals surface area contributed by atoms with Gasteiger partial charge in [0.05, 0.1) is 17.7 Å². The molecule has 5 aromatic rings. The Morgan fingerprint density at radius 2 is 1.49 bits per heavy atom. The fraction of sp³-hybridized carbons (Fsp3) is 0.0345. The maximum absolute atomic E-state index is 12.8.